The zero-order chi connectivity index (χ0) is 44.9. The lowest BCUT2D eigenvalue weighted by Crippen LogP contribution is -2.43. The van der Waals surface area contributed by atoms with Crippen molar-refractivity contribution >= 4 is 41.0 Å². The maximum atomic E-state index is 12.9. The molecule has 0 aliphatic carbocycles. The fraction of sp³-hybridized carbons (Fsp3) is 0.429. The molecule has 1 atom stereocenters. The Balaban J connectivity index is 0.913. The molecule has 0 bridgehead atoms. The first-order valence-electron chi connectivity index (χ1n) is 22.2. The van der Waals surface area contributed by atoms with Gasteiger partial charge in [0.2, 0.25) is 15.6 Å². The molecule has 338 valence electrons. The molecule has 63 heavy (non-hydrogen) atoms. The van der Waals surface area contributed by atoms with Gasteiger partial charge in [0.15, 0.2) is 8.32 Å². The lowest BCUT2D eigenvalue weighted by atomic mass is 10.0. The van der Waals surface area contributed by atoms with Crippen molar-refractivity contribution in [1.82, 2.24) is 19.9 Å². The predicted molar refractivity (Wildman–Crippen MR) is 256 cm³/mol. The van der Waals surface area contributed by atoms with Gasteiger partial charge < -0.3 is 29.1 Å². The highest BCUT2D eigenvalue weighted by atomic mass is 32.2. The summed E-state index contributed by atoms with van der Waals surface area (Å²) in [4.78, 5) is 30.5. The van der Waals surface area contributed by atoms with Gasteiger partial charge in [-0.3, -0.25) is 10.1 Å². The molecule has 1 amide bonds. The molecule has 12 nitrogen and oxygen atoms in total. The number of hydrogen-bond donors (Lipinski definition) is 4. The van der Waals surface area contributed by atoms with E-state index in [0.29, 0.717) is 69.1 Å². The van der Waals surface area contributed by atoms with Gasteiger partial charge in [-0.15, -0.1) is 0 Å². The van der Waals surface area contributed by atoms with E-state index in [-0.39, 0.29) is 28.6 Å². The van der Waals surface area contributed by atoms with Crippen molar-refractivity contribution in [2.45, 2.75) is 89.8 Å². The average Bonchev–Trinajstić information content (AvgIpc) is 3.26. The number of benzene rings is 4. The van der Waals surface area contributed by atoms with Crippen LogP contribution in [0.15, 0.2) is 114 Å². The minimum Gasteiger partial charge on any atom is -0.487 e. The molecule has 14 heteroatoms. The van der Waals surface area contributed by atoms with Gasteiger partial charge in [0.1, 0.15) is 18.5 Å². The third kappa shape index (κ3) is 14.1. The van der Waals surface area contributed by atoms with Gasteiger partial charge >= 0.3 is 6.09 Å². The van der Waals surface area contributed by atoms with E-state index in [1.54, 1.807) is 6.07 Å². The van der Waals surface area contributed by atoms with Gasteiger partial charge in [-0.25, -0.2) is 17.9 Å². The number of piperidine rings is 1. The summed E-state index contributed by atoms with van der Waals surface area (Å²) < 4.78 is 47.6. The Bertz CT molecular complexity index is 2400. The van der Waals surface area contributed by atoms with Crippen LogP contribution in [0, 0.1) is 0 Å². The first kappa shape index (κ1) is 47.6. The Morgan fingerprint density at radius 1 is 0.857 bits per heavy atom. The van der Waals surface area contributed by atoms with Crippen LogP contribution in [0.5, 0.6) is 5.75 Å². The van der Waals surface area contributed by atoms with Crippen LogP contribution in [0.3, 0.4) is 0 Å². The number of carbonyl (C=O) groups excluding carboxylic acids is 1. The van der Waals surface area contributed by atoms with Gasteiger partial charge in [0.25, 0.3) is 0 Å². The van der Waals surface area contributed by atoms with Crippen molar-refractivity contribution < 1.29 is 27.1 Å². The van der Waals surface area contributed by atoms with Crippen LogP contribution in [0.2, 0.25) is 18.1 Å². The van der Waals surface area contributed by atoms with Crippen LogP contribution in [0.4, 0.5) is 10.5 Å². The van der Waals surface area contributed by atoms with Crippen molar-refractivity contribution in [3.8, 4) is 16.9 Å². The first-order valence-corrected chi connectivity index (χ1v) is 26.8. The Hall–Kier alpha value is -4.83. The quantitative estimate of drug-likeness (QED) is 0.0418. The lowest BCUT2D eigenvalue weighted by Gasteiger charge is -2.39. The van der Waals surface area contributed by atoms with E-state index in [4.69, 9.17) is 13.9 Å². The average molecular weight is 896 g/mol. The molecule has 1 aliphatic rings. The molecule has 1 aliphatic heterocycles. The number of pyridine rings is 1. The van der Waals surface area contributed by atoms with Gasteiger partial charge in [-0.2, -0.15) is 0 Å². The van der Waals surface area contributed by atoms with E-state index in [9.17, 15) is 18.0 Å². The summed E-state index contributed by atoms with van der Waals surface area (Å²) >= 11 is 0. The Kier molecular flexibility index (Phi) is 16.8. The van der Waals surface area contributed by atoms with Crippen LogP contribution in [-0.2, 0) is 25.8 Å². The number of likely N-dealkylation sites (tertiary alicyclic amines) is 1. The molecule has 0 radical (unpaired) electrons. The molecule has 1 aromatic heterocycles. The van der Waals surface area contributed by atoms with Crippen LogP contribution in [-0.4, -0.2) is 83.8 Å². The van der Waals surface area contributed by atoms with Crippen molar-refractivity contribution in [2.75, 3.05) is 50.3 Å². The minimum atomic E-state index is -3.43. The number of unbranched alkanes of at least 4 members (excludes halogenated alkanes) is 2. The fourth-order valence-corrected chi connectivity index (χ4v) is 9.84. The van der Waals surface area contributed by atoms with Crippen molar-refractivity contribution in [2.24, 2.45) is 0 Å². The monoisotopic (exact) mass is 895 g/mol. The zero-order valence-electron chi connectivity index (χ0n) is 37.5. The van der Waals surface area contributed by atoms with Crippen molar-refractivity contribution in [3.63, 3.8) is 0 Å². The second-order valence-electron chi connectivity index (χ2n) is 17.9. The van der Waals surface area contributed by atoms with E-state index in [0.717, 1.165) is 53.4 Å². The highest BCUT2D eigenvalue weighted by Crippen LogP contribution is 2.41. The molecule has 0 saturated carbocycles. The molecule has 0 unspecified atom stereocenters. The summed E-state index contributed by atoms with van der Waals surface area (Å²) in [5.41, 5.74) is 5.10. The smallest absolute Gasteiger partial charge is 0.411 e. The molecular weight excluding hydrogens is 831 g/mol. The topological polar surface area (TPSA) is 151 Å². The highest BCUT2D eigenvalue weighted by Gasteiger charge is 2.40. The number of aromatic nitrogens is 1. The van der Waals surface area contributed by atoms with Crippen LogP contribution in [0.25, 0.3) is 22.0 Å². The molecule has 2 heterocycles. The van der Waals surface area contributed by atoms with E-state index in [2.05, 4.69) is 65.2 Å². The van der Waals surface area contributed by atoms with E-state index in [1.165, 1.54) is 0 Å². The number of para-hydroxylation sites is 1. The fourth-order valence-electron chi connectivity index (χ4n) is 7.47. The van der Waals surface area contributed by atoms with Crippen LogP contribution in [0.1, 0.15) is 70.1 Å². The third-order valence-corrected chi connectivity index (χ3v) is 18.0. The summed E-state index contributed by atoms with van der Waals surface area (Å²) in [5.74, 6) is 0.634. The van der Waals surface area contributed by atoms with E-state index in [1.807, 2.05) is 97.1 Å². The number of hydrogen-bond acceptors (Lipinski definition) is 9. The maximum Gasteiger partial charge on any atom is 0.411 e. The number of aromatic amines is 1. The Morgan fingerprint density at radius 2 is 1.54 bits per heavy atom. The molecule has 4 N–H and O–H groups in total. The van der Waals surface area contributed by atoms with Gasteiger partial charge in [-0.05, 0) is 85.2 Å². The normalized spacial score (nSPS) is 14.7. The van der Waals surface area contributed by atoms with Gasteiger partial charge in [0.05, 0.1) is 23.1 Å². The van der Waals surface area contributed by atoms with E-state index < -0.39 is 24.4 Å². The molecule has 4 aromatic carbocycles. The lowest BCUT2D eigenvalue weighted by molar-refractivity contribution is 0.0608. The largest absolute Gasteiger partial charge is 0.487 e. The predicted octanol–water partition coefficient (Wildman–Crippen LogP) is 9.23. The number of nitrogens with zero attached hydrogens (tertiary/aromatic N) is 1. The van der Waals surface area contributed by atoms with Crippen LogP contribution < -0.4 is 25.7 Å². The highest BCUT2D eigenvalue weighted by molar-refractivity contribution is 7.89. The molecular formula is C49H65N5O7SSi. The minimum absolute atomic E-state index is 0.00976. The Morgan fingerprint density at radius 3 is 2.27 bits per heavy atom. The molecule has 0 spiro atoms. The first-order chi connectivity index (χ1) is 30.2. The number of amides is 1. The number of sulfonamides is 1. The summed E-state index contributed by atoms with van der Waals surface area (Å²) in [6.45, 7) is 15.0. The second-order valence-corrected chi connectivity index (χ2v) is 24.5. The summed E-state index contributed by atoms with van der Waals surface area (Å²) in [6, 6.07) is 34.9. The zero-order valence-corrected chi connectivity index (χ0v) is 39.3. The maximum absolute atomic E-state index is 12.9. The second kappa shape index (κ2) is 22.2. The van der Waals surface area contributed by atoms with E-state index >= 15 is 0 Å². The molecule has 6 rings (SSSR count). The molecule has 5 aromatic rings. The standard InChI is InChI=1S/C49H65N5O7SSi/c1-49(2,3)63(4,5)61-45(41-23-25-44(47-42(41)24-26-46(55)53-47)59-36-37-17-9-6-10-18-37)35-50-29-15-8-16-30-51-62(57,58)34-33-54-31-27-39(28-32-54)60-48(56)52-43-22-14-13-21-40(43)38-19-11-7-12-20-38/h6-7,9-14,17-26,39,45,50-51H,8,15-16,27-36H2,1-5H3,(H,52,56)(H,53,55)/t45-/m1/s1. The number of ether oxygens (including phenoxy) is 2. The van der Waals surface area contributed by atoms with Crippen molar-refractivity contribution in [1.29, 1.82) is 0 Å². The summed E-state index contributed by atoms with van der Waals surface area (Å²) in [5, 5.41) is 7.39. The molecule has 1 saturated heterocycles. The molecule has 1 fully saturated rings. The van der Waals surface area contributed by atoms with Gasteiger partial charge in [0, 0.05) is 49.7 Å². The number of anilines is 1. The van der Waals surface area contributed by atoms with Crippen LogP contribution >= 0.6 is 0 Å². The Labute approximate surface area is 374 Å². The number of H-pyrrole nitrogens is 1. The number of fused-ring (bicyclic) bond motifs is 1. The van der Waals surface area contributed by atoms with Crippen molar-refractivity contribution in [3.05, 3.63) is 131 Å². The number of carbonyl (C=O) groups is 1. The summed E-state index contributed by atoms with van der Waals surface area (Å²) in [7, 11) is -5.64. The SMILES string of the molecule is CC(C)(C)[Si](C)(C)O[C@H](CNCCCCCNS(=O)(=O)CCN1CCC(OC(=O)Nc2ccccc2-c2ccccc2)CC1)c1ccc(OCc2ccccc2)c2[nH]c(=O)ccc12. The number of rotatable bonds is 21. The number of nitrogens with one attached hydrogen (secondary N) is 4. The summed E-state index contributed by atoms with van der Waals surface area (Å²) in [6.07, 6.45) is 2.78. The van der Waals surface area contributed by atoms with Gasteiger partial charge in [-0.1, -0.05) is 112 Å². The third-order valence-electron chi connectivity index (χ3n) is 12.1.